The topological polar surface area (TPSA) is 15.3 Å². The summed E-state index contributed by atoms with van der Waals surface area (Å²) in [6, 6.07) is 5.52. The van der Waals surface area contributed by atoms with E-state index in [1.54, 1.807) is 6.07 Å². The van der Waals surface area contributed by atoms with Crippen LogP contribution in [0.25, 0.3) is 0 Å². The average molecular weight is 278 g/mol. The monoisotopic (exact) mass is 278 g/mol. The summed E-state index contributed by atoms with van der Waals surface area (Å²) in [5, 5.41) is 3.37. The molecular formula is C17H27FN2. The van der Waals surface area contributed by atoms with Crippen molar-refractivity contribution in [1.82, 2.24) is 10.2 Å². The first-order chi connectivity index (χ1) is 9.60. The Morgan fingerprint density at radius 2 is 1.95 bits per heavy atom. The second-order valence-corrected chi connectivity index (χ2v) is 6.25. The molecule has 2 unspecified atom stereocenters. The summed E-state index contributed by atoms with van der Waals surface area (Å²) in [5.41, 5.74) is 2.01. The molecule has 0 spiro atoms. The zero-order valence-corrected chi connectivity index (χ0v) is 13.0. The SMILES string of the molecule is CCCNCc1ccc(F)c(CN2CC(C)C(C)C2)c1. The average Bonchev–Trinajstić information content (AvgIpc) is 2.72. The maximum atomic E-state index is 14.0. The largest absolute Gasteiger partial charge is 0.313 e. The molecule has 1 aromatic rings. The lowest BCUT2D eigenvalue weighted by Crippen LogP contribution is -2.21. The molecule has 3 heteroatoms. The van der Waals surface area contributed by atoms with Crippen LogP contribution in [0.1, 0.15) is 38.3 Å². The van der Waals surface area contributed by atoms with Gasteiger partial charge in [-0.3, -0.25) is 4.90 Å². The fraction of sp³-hybridized carbons (Fsp3) is 0.647. The third-order valence-electron chi connectivity index (χ3n) is 4.32. The van der Waals surface area contributed by atoms with Crippen molar-refractivity contribution in [2.45, 2.75) is 40.3 Å². The van der Waals surface area contributed by atoms with Crippen LogP contribution >= 0.6 is 0 Å². The van der Waals surface area contributed by atoms with Crippen LogP contribution in [-0.4, -0.2) is 24.5 Å². The smallest absolute Gasteiger partial charge is 0.127 e. The maximum absolute atomic E-state index is 14.0. The zero-order chi connectivity index (χ0) is 14.5. The number of nitrogens with one attached hydrogen (secondary N) is 1. The van der Waals surface area contributed by atoms with Crippen molar-refractivity contribution < 1.29 is 4.39 Å². The molecule has 1 aliphatic heterocycles. The number of hydrogen-bond acceptors (Lipinski definition) is 2. The maximum Gasteiger partial charge on any atom is 0.127 e. The number of halogens is 1. The van der Waals surface area contributed by atoms with Crippen molar-refractivity contribution in [2.24, 2.45) is 11.8 Å². The highest BCUT2D eigenvalue weighted by molar-refractivity contribution is 5.25. The van der Waals surface area contributed by atoms with E-state index in [9.17, 15) is 4.39 Å². The first-order valence-corrected chi connectivity index (χ1v) is 7.80. The van der Waals surface area contributed by atoms with Gasteiger partial charge in [-0.15, -0.1) is 0 Å². The molecule has 1 fully saturated rings. The number of likely N-dealkylation sites (tertiary alicyclic amines) is 1. The number of hydrogen-bond donors (Lipinski definition) is 1. The Hall–Kier alpha value is -0.930. The third kappa shape index (κ3) is 4.03. The molecule has 1 aromatic carbocycles. The second kappa shape index (κ2) is 7.19. The molecule has 20 heavy (non-hydrogen) atoms. The molecule has 0 radical (unpaired) electrons. The summed E-state index contributed by atoms with van der Waals surface area (Å²) in [6.45, 7) is 11.5. The Bertz CT molecular complexity index is 423. The third-order valence-corrected chi connectivity index (χ3v) is 4.32. The molecule has 0 aliphatic carbocycles. The van der Waals surface area contributed by atoms with Gasteiger partial charge in [0.25, 0.3) is 0 Å². The molecule has 2 atom stereocenters. The van der Waals surface area contributed by atoms with Crippen LogP contribution < -0.4 is 5.32 Å². The molecule has 112 valence electrons. The van der Waals surface area contributed by atoms with Crippen molar-refractivity contribution in [3.63, 3.8) is 0 Å². The lowest BCUT2D eigenvalue weighted by Gasteiger charge is -2.17. The van der Waals surface area contributed by atoms with E-state index in [0.717, 1.165) is 44.7 Å². The summed E-state index contributed by atoms with van der Waals surface area (Å²) in [4.78, 5) is 2.37. The fourth-order valence-electron chi connectivity index (χ4n) is 2.89. The van der Waals surface area contributed by atoms with Crippen molar-refractivity contribution in [3.05, 3.63) is 35.1 Å². The first kappa shape index (κ1) is 15.5. The highest BCUT2D eigenvalue weighted by atomic mass is 19.1. The van der Waals surface area contributed by atoms with Gasteiger partial charge in [-0.1, -0.05) is 32.9 Å². The Balaban J connectivity index is 1.98. The zero-order valence-electron chi connectivity index (χ0n) is 13.0. The van der Waals surface area contributed by atoms with Crippen LogP contribution in [0.4, 0.5) is 4.39 Å². The van der Waals surface area contributed by atoms with Gasteiger partial charge >= 0.3 is 0 Å². The van der Waals surface area contributed by atoms with E-state index in [1.165, 1.54) is 5.56 Å². The standard InChI is InChI=1S/C17H27FN2/c1-4-7-19-9-15-5-6-17(18)16(8-15)12-20-10-13(2)14(3)11-20/h5-6,8,13-14,19H,4,7,9-12H2,1-3H3. The molecule has 1 saturated heterocycles. The Morgan fingerprint density at radius 3 is 2.60 bits per heavy atom. The van der Waals surface area contributed by atoms with Crippen LogP contribution in [0.15, 0.2) is 18.2 Å². The minimum atomic E-state index is -0.0727. The van der Waals surface area contributed by atoms with E-state index in [2.05, 4.69) is 31.0 Å². The molecule has 1 N–H and O–H groups in total. The van der Waals surface area contributed by atoms with Gasteiger partial charge in [0, 0.05) is 31.7 Å². The number of benzene rings is 1. The van der Waals surface area contributed by atoms with Gasteiger partial charge in [0.15, 0.2) is 0 Å². The number of rotatable bonds is 6. The fourth-order valence-corrected chi connectivity index (χ4v) is 2.89. The van der Waals surface area contributed by atoms with Gasteiger partial charge in [0.1, 0.15) is 5.82 Å². The summed E-state index contributed by atoms with van der Waals surface area (Å²) in [7, 11) is 0. The van der Waals surface area contributed by atoms with Crippen molar-refractivity contribution in [3.8, 4) is 0 Å². The lowest BCUT2D eigenvalue weighted by atomic mass is 10.0. The highest BCUT2D eigenvalue weighted by Crippen LogP contribution is 2.24. The van der Waals surface area contributed by atoms with Gasteiger partial charge in [-0.05, 0) is 36.4 Å². The molecule has 0 bridgehead atoms. The molecule has 0 aromatic heterocycles. The van der Waals surface area contributed by atoms with E-state index in [-0.39, 0.29) is 5.82 Å². The molecule has 1 heterocycles. The molecule has 0 amide bonds. The van der Waals surface area contributed by atoms with Crippen LogP contribution in [0, 0.1) is 17.7 Å². The Morgan fingerprint density at radius 1 is 1.25 bits per heavy atom. The van der Waals surface area contributed by atoms with Gasteiger partial charge < -0.3 is 5.32 Å². The normalized spacial score (nSPS) is 23.4. The van der Waals surface area contributed by atoms with Crippen LogP contribution in [-0.2, 0) is 13.1 Å². The molecule has 1 aliphatic rings. The first-order valence-electron chi connectivity index (χ1n) is 7.80. The van der Waals surface area contributed by atoms with Crippen molar-refractivity contribution in [1.29, 1.82) is 0 Å². The summed E-state index contributed by atoms with van der Waals surface area (Å²) >= 11 is 0. The molecule has 0 saturated carbocycles. The Kier molecular flexibility index (Phi) is 5.55. The van der Waals surface area contributed by atoms with Crippen molar-refractivity contribution >= 4 is 0 Å². The predicted octanol–water partition coefficient (Wildman–Crippen LogP) is 3.41. The van der Waals surface area contributed by atoms with E-state index >= 15 is 0 Å². The Labute approximate surface area is 122 Å². The van der Waals surface area contributed by atoms with Gasteiger partial charge in [0.05, 0.1) is 0 Å². The highest BCUT2D eigenvalue weighted by Gasteiger charge is 2.26. The number of nitrogens with zero attached hydrogens (tertiary/aromatic N) is 1. The molecule has 2 nitrogen and oxygen atoms in total. The quantitative estimate of drug-likeness (QED) is 0.802. The molecule has 2 rings (SSSR count). The van der Waals surface area contributed by atoms with Gasteiger partial charge in [0.2, 0.25) is 0 Å². The van der Waals surface area contributed by atoms with E-state index < -0.39 is 0 Å². The van der Waals surface area contributed by atoms with E-state index in [0.29, 0.717) is 11.8 Å². The lowest BCUT2D eigenvalue weighted by molar-refractivity contribution is 0.310. The summed E-state index contributed by atoms with van der Waals surface area (Å²) < 4.78 is 14.0. The van der Waals surface area contributed by atoms with E-state index in [4.69, 9.17) is 0 Å². The summed E-state index contributed by atoms with van der Waals surface area (Å²) in [6.07, 6.45) is 1.12. The minimum absolute atomic E-state index is 0.0727. The predicted molar refractivity (Wildman–Crippen MR) is 82.0 cm³/mol. The van der Waals surface area contributed by atoms with Gasteiger partial charge in [-0.2, -0.15) is 0 Å². The van der Waals surface area contributed by atoms with E-state index in [1.807, 2.05) is 12.1 Å². The van der Waals surface area contributed by atoms with Gasteiger partial charge in [-0.25, -0.2) is 4.39 Å². The van der Waals surface area contributed by atoms with Crippen molar-refractivity contribution in [2.75, 3.05) is 19.6 Å². The summed E-state index contributed by atoms with van der Waals surface area (Å²) in [5.74, 6) is 1.36. The second-order valence-electron chi connectivity index (χ2n) is 6.25. The molecular weight excluding hydrogens is 251 g/mol. The van der Waals surface area contributed by atoms with Crippen LogP contribution in [0.5, 0.6) is 0 Å². The van der Waals surface area contributed by atoms with Crippen LogP contribution in [0.3, 0.4) is 0 Å². The van der Waals surface area contributed by atoms with Crippen LogP contribution in [0.2, 0.25) is 0 Å². The minimum Gasteiger partial charge on any atom is -0.313 e.